The van der Waals surface area contributed by atoms with Crippen molar-refractivity contribution in [3.05, 3.63) is 39.9 Å². The number of β-amino-alcohol motifs (C(OH)–C–C–N with tert-alkyl or cyclic N) is 1. The molecule has 0 radical (unpaired) electrons. The normalized spacial score (nSPS) is 23.3. The molecule has 5 heteroatoms. The third-order valence-electron chi connectivity index (χ3n) is 3.38. The molecule has 1 atom stereocenters. The number of hydrogen-bond acceptors (Lipinski definition) is 2. The molecule has 20 heavy (non-hydrogen) atoms. The van der Waals surface area contributed by atoms with Crippen LogP contribution in [-0.2, 0) is 4.79 Å². The van der Waals surface area contributed by atoms with Gasteiger partial charge in [-0.3, -0.25) is 4.79 Å². The van der Waals surface area contributed by atoms with Gasteiger partial charge < -0.3 is 10.0 Å². The fraction of sp³-hybridized carbons (Fsp3) is 0.400. The first-order valence-corrected chi connectivity index (χ1v) is 7.28. The summed E-state index contributed by atoms with van der Waals surface area (Å²) in [5.41, 5.74) is -0.169. The van der Waals surface area contributed by atoms with Crippen molar-refractivity contribution < 1.29 is 9.90 Å². The number of aliphatic hydroxyl groups is 1. The molecule has 1 fully saturated rings. The van der Waals surface area contributed by atoms with E-state index in [1.165, 1.54) is 6.08 Å². The van der Waals surface area contributed by atoms with Gasteiger partial charge in [-0.05, 0) is 38.0 Å². The lowest BCUT2D eigenvalue weighted by Gasteiger charge is -2.36. The minimum absolute atomic E-state index is 0.138. The highest BCUT2D eigenvalue weighted by atomic mass is 35.5. The first-order valence-electron chi connectivity index (χ1n) is 6.52. The second kappa shape index (κ2) is 6.17. The lowest BCUT2D eigenvalue weighted by Crippen LogP contribution is -2.48. The van der Waals surface area contributed by atoms with Gasteiger partial charge in [0.25, 0.3) is 0 Å². The Labute approximate surface area is 128 Å². The van der Waals surface area contributed by atoms with Crippen LogP contribution in [0.3, 0.4) is 0 Å². The highest BCUT2D eigenvalue weighted by molar-refractivity contribution is 6.37. The van der Waals surface area contributed by atoms with E-state index in [4.69, 9.17) is 23.2 Å². The number of benzene rings is 1. The van der Waals surface area contributed by atoms with Crippen LogP contribution >= 0.6 is 23.2 Å². The van der Waals surface area contributed by atoms with E-state index in [-0.39, 0.29) is 5.91 Å². The van der Waals surface area contributed by atoms with Gasteiger partial charge in [-0.25, -0.2) is 0 Å². The minimum Gasteiger partial charge on any atom is -0.388 e. The first-order chi connectivity index (χ1) is 9.39. The smallest absolute Gasteiger partial charge is 0.246 e. The van der Waals surface area contributed by atoms with Gasteiger partial charge in [-0.1, -0.05) is 29.3 Å². The number of hydrogen-bond donors (Lipinski definition) is 1. The second-order valence-corrected chi connectivity index (χ2v) is 6.14. The molecular weight excluding hydrogens is 297 g/mol. The van der Waals surface area contributed by atoms with Crippen molar-refractivity contribution in [1.82, 2.24) is 4.90 Å². The average Bonchev–Trinajstić information content (AvgIpc) is 2.36. The number of amides is 1. The summed E-state index contributed by atoms with van der Waals surface area (Å²) < 4.78 is 0. The molecule has 1 aliphatic rings. The van der Waals surface area contributed by atoms with E-state index in [1.807, 2.05) is 0 Å². The lowest BCUT2D eigenvalue weighted by molar-refractivity contribution is -0.132. The molecule has 3 nitrogen and oxygen atoms in total. The van der Waals surface area contributed by atoms with Crippen LogP contribution in [0.4, 0.5) is 0 Å². The fourth-order valence-corrected chi connectivity index (χ4v) is 2.86. The van der Waals surface area contributed by atoms with E-state index in [2.05, 4.69) is 0 Å². The van der Waals surface area contributed by atoms with Crippen molar-refractivity contribution in [3.63, 3.8) is 0 Å². The van der Waals surface area contributed by atoms with Gasteiger partial charge in [-0.2, -0.15) is 0 Å². The Morgan fingerprint density at radius 3 is 2.65 bits per heavy atom. The number of carbonyl (C=O) groups excluding carboxylic acids is 1. The van der Waals surface area contributed by atoms with Crippen LogP contribution in [0.2, 0.25) is 10.0 Å². The minimum atomic E-state index is -0.802. The van der Waals surface area contributed by atoms with Crippen molar-refractivity contribution >= 4 is 35.2 Å². The largest absolute Gasteiger partial charge is 0.388 e. The van der Waals surface area contributed by atoms with Crippen LogP contribution in [0.1, 0.15) is 25.3 Å². The predicted octanol–water partition coefficient (Wildman–Crippen LogP) is 3.38. The van der Waals surface area contributed by atoms with E-state index in [0.29, 0.717) is 28.7 Å². The van der Waals surface area contributed by atoms with Crippen molar-refractivity contribution in [1.29, 1.82) is 0 Å². The Bertz CT molecular complexity index is 520. The maximum atomic E-state index is 12.1. The van der Waals surface area contributed by atoms with Gasteiger partial charge in [0, 0.05) is 34.8 Å². The maximum Gasteiger partial charge on any atom is 0.246 e. The number of nitrogens with zero attached hydrogens (tertiary/aromatic N) is 1. The van der Waals surface area contributed by atoms with Crippen LogP contribution in [0.25, 0.3) is 6.08 Å². The molecule has 108 valence electrons. The maximum absolute atomic E-state index is 12.1. The number of piperidine rings is 1. The van der Waals surface area contributed by atoms with Gasteiger partial charge >= 0.3 is 0 Å². The Morgan fingerprint density at radius 2 is 2.05 bits per heavy atom. The molecule has 0 aliphatic carbocycles. The lowest BCUT2D eigenvalue weighted by atomic mass is 9.95. The summed E-state index contributed by atoms with van der Waals surface area (Å²) in [4.78, 5) is 13.8. The number of rotatable bonds is 2. The van der Waals surface area contributed by atoms with E-state index >= 15 is 0 Å². The van der Waals surface area contributed by atoms with E-state index in [1.54, 1.807) is 36.1 Å². The molecule has 1 saturated heterocycles. The zero-order valence-electron chi connectivity index (χ0n) is 11.3. The van der Waals surface area contributed by atoms with Crippen LogP contribution in [0.5, 0.6) is 0 Å². The Hall–Kier alpha value is -1.03. The SMILES string of the molecule is CC1(O)CCCN(C(=O)/C=C/c2c(Cl)cccc2Cl)C1. The molecule has 1 amide bonds. The third kappa shape index (κ3) is 3.75. The van der Waals surface area contributed by atoms with Gasteiger partial charge in [0.05, 0.1) is 5.60 Å². The van der Waals surface area contributed by atoms with E-state index in [9.17, 15) is 9.90 Å². The van der Waals surface area contributed by atoms with Crippen molar-refractivity contribution in [2.24, 2.45) is 0 Å². The molecule has 1 unspecified atom stereocenters. The van der Waals surface area contributed by atoms with Crippen molar-refractivity contribution in [3.8, 4) is 0 Å². The second-order valence-electron chi connectivity index (χ2n) is 5.33. The quantitative estimate of drug-likeness (QED) is 0.850. The predicted molar refractivity (Wildman–Crippen MR) is 81.9 cm³/mol. The van der Waals surface area contributed by atoms with Crippen LogP contribution in [0, 0.1) is 0 Å². The van der Waals surface area contributed by atoms with Gasteiger partial charge in [0.1, 0.15) is 0 Å². The summed E-state index contributed by atoms with van der Waals surface area (Å²) >= 11 is 12.1. The zero-order valence-corrected chi connectivity index (χ0v) is 12.8. The van der Waals surface area contributed by atoms with E-state index in [0.717, 1.165) is 12.8 Å². The van der Waals surface area contributed by atoms with Crippen molar-refractivity contribution in [2.75, 3.05) is 13.1 Å². The standard InChI is InChI=1S/C15H17Cl2NO2/c1-15(20)8-3-9-18(10-15)14(19)7-6-11-12(16)4-2-5-13(11)17/h2,4-7,20H,3,8-10H2,1H3/b7-6+. The zero-order chi connectivity index (χ0) is 14.8. The summed E-state index contributed by atoms with van der Waals surface area (Å²) in [6.45, 7) is 2.77. The van der Waals surface area contributed by atoms with Crippen molar-refractivity contribution in [2.45, 2.75) is 25.4 Å². The molecule has 0 aromatic heterocycles. The fourth-order valence-electron chi connectivity index (χ4n) is 2.34. The monoisotopic (exact) mass is 313 g/mol. The summed E-state index contributed by atoms with van der Waals surface area (Å²) in [5, 5.41) is 11.0. The Kier molecular flexibility index (Phi) is 4.74. The topological polar surface area (TPSA) is 40.5 Å². The molecule has 1 heterocycles. The van der Waals surface area contributed by atoms with Gasteiger partial charge in [0.2, 0.25) is 5.91 Å². The third-order valence-corrected chi connectivity index (χ3v) is 4.04. The Morgan fingerprint density at radius 1 is 1.40 bits per heavy atom. The first kappa shape index (κ1) is 15.4. The molecule has 0 bridgehead atoms. The molecule has 1 aliphatic heterocycles. The van der Waals surface area contributed by atoms with Crippen LogP contribution < -0.4 is 0 Å². The van der Waals surface area contributed by atoms with Gasteiger partial charge in [0.15, 0.2) is 0 Å². The highest BCUT2D eigenvalue weighted by Crippen LogP contribution is 2.26. The van der Waals surface area contributed by atoms with Crippen LogP contribution in [0.15, 0.2) is 24.3 Å². The number of halogens is 2. The van der Waals surface area contributed by atoms with E-state index < -0.39 is 5.60 Å². The van der Waals surface area contributed by atoms with Gasteiger partial charge in [-0.15, -0.1) is 0 Å². The van der Waals surface area contributed by atoms with Crippen LogP contribution in [-0.4, -0.2) is 34.6 Å². The highest BCUT2D eigenvalue weighted by Gasteiger charge is 2.29. The molecule has 1 aromatic carbocycles. The average molecular weight is 314 g/mol. The molecular formula is C15H17Cl2NO2. The molecule has 1 aromatic rings. The summed E-state index contributed by atoms with van der Waals surface area (Å²) in [7, 11) is 0. The molecule has 2 rings (SSSR count). The molecule has 0 spiro atoms. The number of carbonyl (C=O) groups is 1. The Balaban J connectivity index is 2.09. The summed E-state index contributed by atoms with van der Waals surface area (Å²) in [5.74, 6) is -0.138. The number of likely N-dealkylation sites (tertiary alicyclic amines) is 1. The molecule has 1 N–H and O–H groups in total. The summed E-state index contributed by atoms with van der Waals surface area (Å²) in [6.07, 6.45) is 4.60. The summed E-state index contributed by atoms with van der Waals surface area (Å²) in [6, 6.07) is 5.21. The molecule has 0 saturated carbocycles.